The Morgan fingerprint density at radius 3 is 2.25 bits per heavy atom. The molecule has 0 radical (unpaired) electrons. The molecule has 0 bridgehead atoms. The van der Waals surface area contributed by atoms with Crippen molar-refractivity contribution in [3.8, 4) is 0 Å². The van der Waals surface area contributed by atoms with Gasteiger partial charge in [-0.1, -0.05) is 34.8 Å². The number of sulfonamides is 1. The number of nitrogens with zero attached hydrogens (tertiary/aromatic N) is 1. The molecule has 0 aromatic heterocycles. The lowest BCUT2D eigenvalue weighted by Crippen LogP contribution is -2.36. The quantitative estimate of drug-likeness (QED) is 0.598. The average molecular weight is 361 g/mol. The number of hydrogen-bond acceptors (Lipinski definition) is 4. The molecule has 0 heterocycles. The van der Waals surface area contributed by atoms with E-state index >= 15 is 0 Å². The van der Waals surface area contributed by atoms with Gasteiger partial charge in [-0.3, -0.25) is 9.10 Å². The maximum absolute atomic E-state index is 11.8. The van der Waals surface area contributed by atoms with Crippen LogP contribution in [0.15, 0.2) is 12.1 Å². The molecule has 5 nitrogen and oxygen atoms in total. The van der Waals surface area contributed by atoms with E-state index in [0.29, 0.717) is 0 Å². The largest absolute Gasteiger partial charge is 0.465 e. The maximum Gasteiger partial charge on any atom is 0.326 e. The van der Waals surface area contributed by atoms with Gasteiger partial charge in [0.25, 0.3) is 0 Å². The van der Waals surface area contributed by atoms with Crippen molar-refractivity contribution in [1.82, 2.24) is 0 Å². The Labute approximate surface area is 132 Å². The van der Waals surface area contributed by atoms with E-state index in [2.05, 4.69) is 0 Å². The molecule has 1 aromatic carbocycles. The molecule has 1 rings (SSSR count). The minimum absolute atomic E-state index is 0.0640. The van der Waals surface area contributed by atoms with Crippen LogP contribution in [0, 0.1) is 0 Å². The minimum Gasteiger partial charge on any atom is -0.465 e. The molecule has 0 aliphatic heterocycles. The molecule has 20 heavy (non-hydrogen) atoms. The normalized spacial score (nSPS) is 11.2. The van der Waals surface area contributed by atoms with Gasteiger partial charge in [0.1, 0.15) is 6.54 Å². The fourth-order valence-corrected chi connectivity index (χ4v) is 2.95. The van der Waals surface area contributed by atoms with Crippen LogP contribution in [0.25, 0.3) is 0 Å². The van der Waals surface area contributed by atoms with Crippen LogP contribution in [0.1, 0.15) is 6.92 Å². The summed E-state index contributed by atoms with van der Waals surface area (Å²) >= 11 is 17.6. The SMILES string of the molecule is CCOC(=O)CN(c1cc(Cl)c(Cl)cc1Cl)S(C)(=O)=O. The van der Waals surface area contributed by atoms with E-state index < -0.39 is 22.5 Å². The lowest BCUT2D eigenvalue weighted by atomic mass is 10.3. The molecular weight excluding hydrogens is 349 g/mol. The highest BCUT2D eigenvalue weighted by atomic mass is 35.5. The molecule has 0 saturated heterocycles. The number of benzene rings is 1. The summed E-state index contributed by atoms with van der Waals surface area (Å²) in [5, 5.41) is 0.378. The van der Waals surface area contributed by atoms with Crippen LogP contribution in [-0.4, -0.2) is 33.8 Å². The van der Waals surface area contributed by atoms with Crippen molar-refractivity contribution in [1.29, 1.82) is 0 Å². The monoisotopic (exact) mass is 359 g/mol. The zero-order valence-corrected chi connectivity index (χ0v) is 13.8. The number of carbonyl (C=O) groups is 1. The molecule has 0 aliphatic rings. The number of anilines is 1. The maximum atomic E-state index is 11.8. The topological polar surface area (TPSA) is 63.7 Å². The van der Waals surface area contributed by atoms with E-state index in [1.165, 1.54) is 12.1 Å². The number of halogens is 3. The van der Waals surface area contributed by atoms with Crippen LogP contribution in [0.5, 0.6) is 0 Å². The fraction of sp³-hybridized carbons (Fsp3) is 0.364. The minimum atomic E-state index is -3.74. The fourth-order valence-electron chi connectivity index (χ4n) is 1.41. The van der Waals surface area contributed by atoms with Gasteiger partial charge in [-0.2, -0.15) is 0 Å². The summed E-state index contributed by atoms with van der Waals surface area (Å²) in [5.41, 5.74) is 0.0663. The van der Waals surface area contributed by atoms with E-state index in [9.17, 15) is 13.2 Å². The zero-order chi connectivity index (χ0) is 15.5. The van der Waals surface area contributed by atoms with Crippen LogP contribution in [0.2, 0.25) is 15.1 Å². The highest BCUT2D eigenvalue weighted by Crippen LogP contribution is 2.35. The van der Waals surface area contributed by atoms with Gasteiger partial charge in [0.2, 0.25) is 10.0 Å². The first-order valence-electron chi connectivity index (χ1n) is 5.44. The van der Waals surface area contributed by atoms with Gasteiger partial charge >= 0.3 is 5.97 Å². The second kappa shape index (κ2) is 6.85. The zero-order valence-electron chi connectivity index (χ0n) is 10.7. The van der Waals surface area contributed by atoms with Crippen LogP contribution in [0.4, 0.5) is 5.69 Å². The van der Waals surface area contributed by atoms with Crippen molar-refractivity contribution in [2.75, 3.05) is 23.7 Å². The predicted molar refractivity (Wildman–Crippen MR) is 80.3 cm³/mol. The summed E-state index contributed by atoms with van der Waals surface area (Å²) in [6, 6.07) is 2.59. The summed E-state index contributed by atoms with van der Waals surface area (Å²) in [5.74, 6) is -0.694. The van der Waals surface area contributed by atoms with Crippen molar-refractivity contribution < 1.29 is 17.9 Å². The standard InChI is InChI=1S/C11H12Cl3NO4S/c1-3-19-11(16)6-15(20(2,17)18)10-5-8(13)7(12)4-9(10)14/h4-5H,3,6H2,1-2H3. The highest BCUT2D eigenvalue weighted by molar-refractivity contribution is 7.92. The number of ether oxygens (including phenoxy) is 1. The Hall–Kier alpha value is -0.690. The second-order valence-electron chi connectivity index (χ2n) is 3.79. The molecule has 0 saturated carbocycles. The smallest absolute Gasteiger partial charge is 0.326 e. The number of carbonyl (C=O) groups excluding carboxylic acids is 1. The molecule has 0 spiro atoms. The lowest BCUT2D eigenvalue weighted by molar-refractivity contribution is -0.141. The second-order valence-corrected chi connectivity index (χ2v) is 6.92. The van der Waals surface area contributed by atoms with Gasteiger partial charge in [-0.05, 0) is 19.1 Å². The molecule has 9 heteroatoms. The number of esters is 1. The molecule has 0 fully saturated rings. The highest BCUT2D eigenvalue weighted by Gasteiger charge is 2.24. The molecule has 0 atom stereocenters. The summed E-state index contributed by atoms with van der Waals surface area (Å²) in [7, 11) is -3.74. The van der Waals surface area contributed by atoms with Gasteiger partial charge < -0.3 is 4.74 Å². The molecule has 112 valence electrons. The van der Waals surface area contributed by atoms with Crippen molar-refractivity contribution in [3.05, 3.63) is 27.2 Å². The van der Waals surface area contributed by atoms with Gasteiger partial charge in [0.15, 0.2) is 0 Å². The Balaban J connectivity index is 3.26. The first kappa shape index (κ1) is 17.4. The van der Waals surface area contributed by atoms with Crippen molar-refractivity contribution in [2.24, 2.45) is 0 Å². The average Bonchev–Trinajstić information content (AvgIpc) is 2.30. The third-order valence-corrected chi connectivity index (χ3v) is 4.39. The van der Waals surface area contributed by atoms with Gasteiger partial charge in [0, 0.05) is 0 Å². The van der Waals surface area contributed by atoms with Crippen molar-refractivity contribution >= 4 is 56.5 Å². The van der Waals surface area contributed by atoms with Gasteiger partial charge in [-0.25, -0.2) is 8.42 Å². The molecule has 1 aromatic rings. The lowest BCUT2D eigenvalue weighted by Gasteiger charge is -2.22. The Kier molecular flexibility index (Phi) is 5.94. The first-order valence-corrected chi connectivity index (χ1v) is 8.43. The number of rotatable bonds is 5. The van der Waals surface area contributed by atoms with Gasteiger partial charge in [0.05, 0.1) is 33.6 Å². The van der Waals surface area contributed by atoms with Crippen molar-refractivity contribution in [2.45, 2.75) is 6.92 Å². The molecular formula is C11H12Cl3NO4S. The van der Waals surface area contributed by atoms with Crippen molar-refractivity contribution in [3.63, 3.8) is 0 Å². The van der Waals surface area contributed by atoms with Crippen LogP contribution in [0.3, 0.4) is 0 Å². The van der Waals surface area contributed by atoms with E-state index in [0.717, 1.165) is 10.6 Å². The predicted octanol–water partition coefficient (Wildman–Crippen LogP) is 2.98. The number of hydrogen-bond donors (Lipinski definition) is 0. The third-order valence-electron chi connectivity index (χ3n) is 2.24. The summed E-state index contributed by atoms with van der Waals surface area (Å²) in [6.45, 7) is 1.27. The summed E-state index contributed by atoms with van der Waals surface area (Å²) in [4.78, 5) is 11.5. The van der Waals surface area contributed by atoms with E-state index in [1.54, 1.807) is 6.92 Å². The summed E-state index contributed by atoms with van der Waals surface area (Å²) < 4.78 is 29.2. The molecule has 0 N–H and O–H groups in total. The first-order chi connectivity index (χ1) is 9.16. The van der Waals surface area contributed by atoms with E-state index in [1.807, 2.05) is 0 Å². The van der Waals surface area contributed by atoms with Crippen LogP contribution >= 0.6 is 34.8 Å². The summed E-state index contributed by atoms with van der Waals surface area (Å²) in [6.07, 6.45) is 0.949. The van der Waals surface area contributed by atoms with Gasteiger partial charge in [-0.15, -0.1) is 0 Å². The molecule has 0 unspecified atom stereocenters. The molecule has 0 aliphatic carbocycles. The van der Waals surface area contributed by atoms with Crippen LogP contribution in [-0.2, 0) is 19.6 Å². The Bertz CT molecular complexity index is 618. The Morgan fingerprint density at radius 2 is 1.75 bits per heavy atom. The third kappa shape index (κ3) is 4.41. The molecule has 0 amide bonds. The Morgan fingerprint density at radius 1 is 1.20 bits per heavy atom. The van der Waals surface area contributed by atoms with Crippen LogP contribution < -0.4 is 4.31 Å². The van der Waals surface area contributed by atoms with E-state index in [-0.39, 0.29) is 27.4 Å². The van der Waals surface area contributed by atoms with E-state index in [4.69, 9.17) is 39.5 Å².